The summed E-state index contributed by atoms with van der Waals surface area (Å²) >= 11 is 0. The highest BCUT2D eigenvalue weighted by atomic mass is 16.5. The van der Waals surface area contributed by atoms with Gasteiger partial charge in [-0.3, -0.25) is 4.79 Å². The van der Waals surface area contributed by atoms with Crippen molar-refractivity contribution >= 4 is 5.78 Å². The molecule has 18 heavy (non-hydrogen) atoms. The summed E-state index contributed by atoms with van der Waals surface area (Å²) in [6.45, 7) is 2.70. The Hall–Kier alpha value is -1.55. The molecule has 1 aliphatic rings. The third-order valence-electron chi connectivity index (χ3n) is 3.31. The molecule has 1 aromatic carbocycles. The first-order valence-corrected chi connectivity index (χ1v) is 6.05. The average Bonchev–Trinajstić information content (AvgIpc) is 2.83. The van der Waals surface area contributed by atoms with E-state index in [0.717, 1.165) is 6.42 Å². The molecule has 2 rings (SSSR count). The lowest BCUT2D eigenvalue weighted by Gasteiger charge is -2.14. The molecule has 1 heterocycles. The van der Waals surface area contributed by atoms with Crippen molar-refractivity contribution in [1.82, 2.24) is 0 Å². The molecule has 0 saturated carbocycles. The van der Waals surface area contributed by atoms with Crippen LogP contribution in [0.2, 0.25) is 0 Å². The Balaban J connectivity index is 2.25. The van der Waals surface area contributed by atoms with E-state index >= 15 is 0 Å². The van der Waals surface area contributed by atoms with Crippen LogP contribution in [0.25, 0.3) is 0 Å². The predicted molar refractivity (Wildman–Crippen MR) is 67.4 cm³/mol. The van der Waals surface area contributed by atoms with Crippen LogP contribution in [0.1, 0.15) is 23.7 Å². The van der Waals surface area contributed by atoms with Gasteiger partial charge in [0.2, 0.25) is 0 Å². The van der Waals surface area contributed by atoms with Gasteiger partial charge in [-0.25, -0.2) is 0 Å². The van der Waals surface area contributed by atoms with Crippen LogP contribution in [0.5, 0.6) is 11.5 Å². The third-order valence-corrected chi connectivity index (χ3v) is 3.31. The van der Waals surface area contributed by atoms with Gasteiger partial charge in [0.25, 0.3) is 0 Å². The maximum absolute atomic E-state index is 12.3. The molecule has 1 fully saturated rings. The van der Waals surface area contributed by atoms with Crippen LogP contribution < -0.4 is 9.47 Å². The van der Waals surface area contributed by atoms with Gasteiger partial charge in [-0.2, -0.15) is 0 Å². The second-order valence-corrected chi connectivity index (χ2v) is 4.49. The van der Waals surface area contributed by atoms with E-state index in [1.54, 1.807) is 32.4 Å². The Bertz CT molecular complexity index is 441. The smallest absolute Gasteiger partial charge is 0.191 e. The van der Waals surface area contributed by atoms with Gasteiger partial charge < -0.3 is 14.2 Å². The summed E-state index contributed by atoms with van der Waals surface area (Å²) in [5, 5.41) is 0. The molecule has 0 amide bonds. The lowest BCUT2D eigenvalue weighted by atomic mass is 9.96. The molecule has 0 spiro atoms. The lowest BCUT2D eigenvalue weighted by Crippen LogP contribution is -2.25. The molecule has 4 heteroatoms. The first-order valence-electron chi connectivity index (χ1n) is 6.05. The van der Waals surface area contributed by atoms with Crippen molar-refractivity contribution in [2.24, 2.45) is 5.92 Å². The Morgan fingerprint density at radius 3 is 2.56 bits per heavy atom. The monoisotopic (exact) mass is 250 g/mol. The Morgan fingerprint density at radius 1 is 1.28 bits per heavy atom. The zero-order valence-electron chi connectivity index (χ0n) is 10.9. The summed E-state index contributed by atoms with van der Waals surface area (Å²) < 4.78 is 15.8. The second-order valence-electron chi connectivity index (χ2n) is 4.49. The summed E-state index contributed by atoms with van der Waals surface area (Å²) in [6.07, 6.45) is 0.604. The summed E-state index contributed by atoms with van der Waals surface area (Å²) in [4.78, 5) is 12.3. The van der Waals surface area contributed by atoms with Gasteiger partial charge in [-0.1, -0.05) is 6.92 Å². The van der Waals surface area contributed by atoms with Crippen LogP contribution in [0.3, 0.4) is 0 Å². The topological polar surface area (TPSA) is 44.8 Å². The van der Waals surface area contributed by atoms with Crippen LogP contribution >= 0.6 is 0 Å². The van der Waals surface area contributed by atoms with Gasteiger partial charge in [-0.15, -0.1) is 0 Å². The number of Topliss-reactive ketones (excluding diaryl/α,β-unsaturated/α-hetero) is 1. The number of carbonyl (C=O) groups excluding carboxylic acids is 1. The van der Waals surface area contributed by atoms with Crippen molar-refractivity contribution in [3.05, 3.63) is 23.8 Å². The Labute approximate surface area is 107 Å². The van der Waals surface area contributed by atoms with Gasteiger partial charge in [0.05, 0.1) is 14.2 Å². The summed E-state index contributed by atoms with van der Waals surface area (Å²) in [6, 6.07) is 5.19. The fourth-order valence-corrected chi connectivity index (χ4v) is 2.18. The molecule has 1 saturated heterocycles. The van der Waals surface area contributed by atoms with Gasteiger partial charge in [0, 0.05) is 12.2 Å². The molecule has 0 bridgehead atoms. The van der Waals surface area contributed by atoms with E-state index in [0.29, 0.717) is 23.7 Å². The number of benzene rings is 1. The zero-order valence-corrected chi connectivity index (χ0v) is 10.9. The highest BCUT2D eigenvalue weighted by Gasteiger charge is 2.31. The molecule has 1 aromatic rings. The summed E-state index contributed by atoms with van der Waals surface area (Å²) in [7, 11) is 3.13. The van der Waals surface area contributed by atoms with Crippen molar-refractivity contribution in [2.75, 3.05) is 20.8 Å². The predicted octanol–water partition coefficient (Wildman–Crippen LogP) is 2.31. The van der Waals surface area contributed by atoms with Gasteiger partial charge in [0.15, 0.2) is 17.3 Å². The zero-order chi connectivity index (χ0) is 13.1. The summed E-state index contributed by atoms with van der Waals surface area (Å²) in [5.41, 5.74) is 0.603. The quantitative estimate of drug-likeness (QED) is 0.769. The molecular formula is C14H18O4. The minimum absolute atomic E-state index is 0.0148. The van der Waals surface area contributed by atoms with E-state index in [1.807, 2.05) is 6.92 Å². The fourth-order valence-electron chi connectivity index (χ4n) is 2.18. The van der Waals surface area contributed by atoms with E-state index in [1.165, 1.54) is 0 Å². The first-order chi connectivity index (χ1) is 8.67. The molecule has 2 atom stereocenters. The maximum atomic E-state index is 12.3. The average molecular weight is 250 g/mol. The lowest BCUT2D eigenvalue weighted by molar-refractivity contribution is 0.0579. The van der Waals surface area contributed by atoms with Crippen LogP contribution in [0.4, 0.5) is 0 Å². The van der Waals surface area contributed by atoms with Crippen molar-refractivity contribution < 1.29 is 19.0 Å². The van der Waals surface area contributed by atoms with E-state index in [-0.39, 0.29) is 17.8 Å². The maximum Gasteiger partial charge on any atom is 0.191 e. The van der Waals surface area contributed by atoms with E-state index in [2.05, 4.69) is 0 Å². The van der Waals surface area contributed by atoms with E-state index < -0.39 is 0 Å². The van der Waals surface area contributed by atoms with Crippen LogP contribution in [0.15, 0.2) is 18.2 Å². The number of rotatable bonds is 4. The highest BCUT2D eigenvalue weighted by Crippen LogP contribution is 2.30. The van der Waals surface area contributed by atoms with E-state index in [9.17, 15) is 4.79 Å². The second kappa shape index (κ2) is 5.40. The molecule has 1 aliphatic heterocycles. The SMILES string of the molecule is COc1ccc(C(=O)C2OCCC2C)cc1OC. The number of hydrogen-bond acceptors (Lipinski definition) is 4. The number of ether oxygens (including phenoxy) is 3. The number of methoxy groups -OCH3 is 2. The molecule has 0 radical (unpaired) electrons. The van der Waals surface area contributed by atoms with Crippen molar-refractivity contribution in [2.45, 2.75) is 19.4 Å². The van der Waals surface area contributed by atoms with E-state index in [4.69, 9.17) is 14.2 Å². The van der Waals surface area contributed by atoms with Gasteiger partial charge >= 0.3 is 0 Å². The largest absolute Gasteiger partial charge is 0.493 e. The molecule has 0 aromatic heterocycles. The van der Waals surface area contributed by atoms with Gasteiger partial charge in [-0.05, 0) is 30.5 Å². The molecule has 98 valence electrons. The van der Waals surface area contributed by atoms with Crippen LogP contribution in [-0.2, 0) is 4.74 Å². The molecular weight excluding hydrogens is 232 g/mol. The van der Waals surface area contributed by atoms with Crippen molar-refractivity contribution in [3.63, 3.8) is 0 Å². The van der Waals surface area contributed by atoms with Gasteiger partial charge in [0.1, 0.15) is 6.10 Å². The minimum Gasteiger partial charge on any atom is -0.493 e. The summed E-state index contributed by atoms with van der Waals surface area (Å²) in [5.74, 6) is 1.47. The highest BCUT2D eigenvalue weighted by molar-refractivity contribution is 6.00. The normalized spacial score (nSPS) is 22.8. The Morgan fingerprint density at radius 2 is 2.00 bits per heavy atom. The van der Waals surface area contributed by atoms with Crippen LogP contribution in [-0.4, -0.2) is 32.7 Å². The minimum atomic E-state index is -0.330. The van der Waals surface area contributed by atoms with Crippen molar-refractivity contribution in [3.8, 4) is 11.5 Å². The van der Waals surface area contributed by atoms with Crippen molar-refractivity contribution in [1.29, 1.82) is 0 Å². The molecule has 0 N–H and O–H groups in total. The number of carbonyl (C=O) groups is 1. The molecule has 0 aliphatic carbocycles. The number of ketones is 1. The van der Waals surface area contributed by atoms with Crippen LogP contribution in [0, 0.1) is 5.92 Å². The standard InChI is InChI=1S/C14H18O4/c1-9-6-7-18-14(9)13(15)10-4-5-11(16-2)12(8-10)17-3/h4-5,8-9,14H,6-7H2,1-3H3. The molecule has 2 unspecified atom stereocenters. The first kappa shape index (κ1) is 12.9. The third kappa shape index (κ3) is 2.34. The fraction of sp³-hybridized carbons (Fsp3) is 0.500. The number of hydrogen-bond donors (Lipinski definition) is 0. The molecule has 4 nitrogen and oxygen atoms in total. The Kier molecular flexibility index (Phi) is 3.87.